The molecule has 0 bridgehead atoms. The quantitative estimate of drug-likeness (QED) is 0.278. The van der Waals surface area contributed by atoms with Gasteiger partial charge in [0.1, 0.15) is 0 Å². The number of halogens is 1. The Kier molecular flexibility index (Phi) is 5.27. The van der Waals surface area contributed by atoms with Gasteiger partial charge in [-0.2, -0.15) is 0 Å². The molecule has 0 fully saturated rings. The summed E-state index contributed by atoms with van der Waals surface area (Å²) in [5, 5.41) is 2.83. The minimum Gasteiger partial charge on any atom is -0.291 e. The fourth-order valence-corrected chi connectivity index (χ4v) is 0. The molecule has 0 aromatic rings. The van der Waals surface area contributed by atoms with Crippen molar-refractivity contribution in [1.82, 2.24) is 5.09 Å². The Hall–Kier alpha value is 1.12. The molecule has 0 aromatic carbocycles. The van der Waals surface area contributed by atoms with Gasteiger partial charge in [-0.3, -0.25) is 5.09 Å². The van der Waals surface area contributed by atoms with Crippen molar-refractivity contribution in [1.29, 1.82) is 0 Å². The van der Waals surface area contributed by atoms with E-state index in [0.29, 0.717) is 0 Å². The molecule has 0 amide bonds. The van der Waals surface area contributed by atoms with Crippen LogP contribution in [0.2, 0.25) is 0 Å². The van der Waals surface area contributed by atoms with Crippen molar-refractivity contribution in [3.05, 3.63) is 0 Å². The van der Waals surface area contributed by atoms with Crippen LogP contribution in [0.15, 0.2) is 0 Å². The summed E-state index contributed by atoms with van der Waals surface area (Å²) in [4.78, 5) is 0. The van der Waals surface area contributed by atoms with Gasteiger partial charge in [-0.25, -0.2) is 0 Å². The van der Waals surface area contributed by atoms with Gasteiger partial charge in [0, 0.05) is 0 Å². The van der Waals surface area contributed by atoms with Crippen molar-refractivity contribution >= 4 is 32.0 Å². The SMILES string of the molecule is PNCI. The molecule has 0 saturated carbocycles. The highest BCUT2D eigenvalue weighted by Crippen LogP contribution is 1.74. The third kappa shape index (κ3) is 3.12. The zero-order valence-corrected chi connectivity index (χ0v) is 5.47. The lowest BCUT2D eigenvalue weighted by Crippen LogP contribution is -1.85. The lowest BCUT2D eigenvalue weighted by molar-refractivity contribution is 1.28. The molecule has 3 heteroatoms. The molecular formula is CH5INP. The molecule has 0 rings (SSSR count). The van der Waals surface area contributed by atoms with Crippen LogP contribution in [-0.4, -0.2) is 4.55 Å². The molecule has 0 aromatic heterocycles. The zero-order chi connectivity index (χ0) is 3.41. The first-order valence-corrected chi connectivity index (χ1v) is 3.01. The molecular weight excluding hydrogens is 184 g/mol. The van der Waals surface area contributed by atoms with Gasteiger partial charge >= 0.3 is 0 Å². The Morgan fingerprint density at radius 1 is 2.00 bits per heavy atom. The molecule has 4 heavy (non-hydrogen) atoms. The number of nitrogens with one attached hydrogen (secondary N) is 1. The van der Waals surface area contributed by atoms with Gasteiger partial charge in [0.05, 0.1) is 4.55 Å². The molecule has 0 saturated heterocycles. The molecule has 1 nitrogen and oxygen atoms in total. The van der Waals surface area contributed by atoms with E-state index in [1.54, 1.807) is 0 Å². The maximum absolute atomic E-state index is 2.83. The van der Waals surface area contributed by atoms with Crippen molar-refractivity contribution in [2.45, 2.75) is 0 Å². The molecule has 0 aliphatic carbocycles. The summed E-state index contributed by atoms with van der Waals surface area (Å²) < 4.78 is 1.00. The second-order valence-electron chi connectivity index (χ2n) is 0.338. The summed E-state index contributed by atoms with van der Waals surface area (Å²) in [5.41, 5.74) is 0. The largest absolute Gasteiger partial charge is 0.291 e. The number of hydrogen-bond donors (Lipinski definition) is 1. The van der Waals surface area contributed by atoms with Gasteiger partial charge in [-0.05, 0) is 0 Å². The minimum atomic E-state index is 1.00. The maximum Gasteiger partial charge on any atom is 0.0509 e. The third-order valence-corrected chi connectivity index (χ3v) is 1.55. The van der Waals surface area contributed by atoms with Crippen molar-refractivity contribution in [3.63, 3.8) is 0 Å². The van der Waals surface area contributed by atoms with E-state index in [4.69, 9.17) is 0 Å². The smallest absolute Gasteiger partial charge is 0.0509 e. The number of hydrogen-bond acceptors (Lipinski definition) is 1. The van der Waals surface area contributed by atoms with Crippen LogP contribution in [0.5, 0.6) is 0 Å². The van der Waals surface area contributed by atoms with Crippen LogP contribution in [-0.2, 0) is 0 Å². The first kappa shape index (κ1) is 5.12. The Labute approximate surface area is 41.9 Å². The molecule has 0 heterocycles. The van der Waals surface area contributed by atoms with Crippen molar-refractivity contribution < 1.29 is 0 Å². The lowest BCUT2D eigenvalue weighted by Gasteiger charge is -1.73. The van der Waals surface area contributed by atoms with Crippen molar-refractivity contribution in [3.8, 4) is 0 Å². The van der Waals surface area contributed by atoms with Gasteiger partial charge in [-0.15, -0.1) is 0 Å². The second kappa shape index (κ2) is 4.12. The maximum atomic E-state index is 2.83. The van der Waals surface area contributed by atoms with E-state index in [2.05, 4.69) is 37.1 Å². The fourth-order valence-electron chi connectivity index (χ4n) is 0. The highest BCUT2D eigenvalue weighted by molar-refractivity contribution is 14.1. The summed E-state index contributed by atoms with van der Waals surface area (Å²) in [6, 6.07) is 0. The average molecular weight is 189 g/mol. The monoisotopic (exact) mass is 189 g/mol. The first-order valence-electron chi connectivity index (χ1n) is 0.909. The van der Waals surface area contributed by atoms with Gasteiger partial charge in [0.15, 0.2) is 0 Å². The molecule has 1 N–H and O–H groups in total. The van der Waals surface area contributed by atoms with E-state index in [1.807, 2.05) is 0 Å². The van der Waals surface area contributed by atoms with Gasteiger partial charge in [-0.1, -0.05) is 32.0 Å². The summed E-state index contributed by atoms with van der Waals surface area (Å²) in [6.45, 7) is 0. The molecule has 0 aliphatic rings. The normalized spacial score (nSPS) is 7.50. The van der Waals surface area contributed by atoms with E-state index in [9.17, 15) is 0 Å². The van der Waals surface area contributed by atoms with Crippen LogP contribution in [0, 0.1) is 0 Å². The van der Waals surface area contributed by atoms with Gasteiger partial charge in [0.2, 0.25) is 0 Å². The van der Waals surface area contributed by atoms with Gasteiger partial charge < -0.3 is 0 Å². The standard InChI is InChI=1S/CH5INP/c2-1-3-4/h3H,1,4H2. The molecule has 0 aliphatic heterocycles. The van der Waals surface area contributed by atoms with Crippen molar-refractivity contribution in [2.75, 3.05) is 4.55 Å². The molecule has 26 valence electrons. The van der Waals surface area contributed by atoms with Crippen LogP contribution in [0.25, 0.3) is 0 Å². The van der Waals surface area contributed by atoms with Gasteiger partial charge in [0.25, 0.3) is 0 Å². The van der Waals surface area contributed by atoms with E-state index in [-0.39, 0.29) is 0 Å². The summed E-state index contributed by atoms with van der Waals surface area (Å²) in [6.07, 6.45) is 0. The molecule has 0 spiro atoms. The minimum absolute atomic E-state index is 1.00. The predicted octanol–water partition coefficient (Wildman–Crippen LogP) is 0.759. The van der Waals surface area contributed by atoms with Crippen LogP contribution in [0.4, 0.5) is 0 Å². The predicted molar refractivity (Wildman–Crippen MR) is 31.7 cm³/mol. The highest BCUT2D eigenvalue weighted by atomic mass is 127. The second-order valence-corrected chi connectivity index (χ2v) is 1.51. The summed E-state index contributed by atoms with van der Waals surface area (Å²) in [5.74, 6) is 0. The first-order chi connectivity index (χ1) is 1.91. The summed E-state index contributed by atoms with van der Waals surface area (Å²) >= 11 is 2.22. The lowest BCUT2D eigenvalue weighted by atomic mass is 11.6. The van der Waals surface area contributed by atoms with Crippen LogP contribution >= 0.6 is 32.0 Å². The van der Waals surface area contributed by atoms with Crippen LogP contribution in [0.1, 0.15) is 0 Å². The highest BCUT2D eigenvalue weighted by Gasteiger charge is 1.52. The third-order valence-electron chi connectivity index (χ3n) is 0.0772. The molecule has 1 atom stereocenters. The fraction of sp³-hybridized carbons (Fsp3) is 1.00. The topological polar surface area (TPSA) is 12.0 Å². The summed E-state index contributed by atoms with van der Waals surface area (Å²) in [7, 11) is 2.40. The molecule has 0 radical (unpaired) electrons. The Bertz CT molecular complexity index is 10.0. The van der Waals surface area contributed by atoms with E-state index in [0.717, 1.165) is 4.55 Å². The van der Waals surface area contributed by atoms with E-state index >= 15 is 0 Å². The number of rotatable bonds is 1. The van der Waals surface area contributed by atoms with Crippen LogP contribution in [0.3, 0.4) is 0 Å². The molecule has 1 unspecified atom stereocenters. The average Bonchev–Trinajstić information content (AvgIpc) is 1.37. The number of alkyl halides is 1. The Balaban J connectivity index is 1.97. The Morgan fingerprint density at radius 3 is 2.25 bits per heavy atom. The van der Waals surface area contributed by atoms with E-state index < -0.39 is 0 Å². The Morgan fingerprint density at radius 2 is 2.25 bits per heavy atom. The van der Waals surface area contributed by atoms with E-state index in [1.165, 1.54) is 0 Å². The zero-order valence-electron chi connectivity index (χ0n) is 2.16. The van der Waals surface area contributed by atoms with Crippen molar-refractivity contribution in [2.24, 2.45) is 0 Å². The van der Waals surface area contributed by atoms with Crippen LogP contribution < -0.4 is 5.09 Å².